The first kappa shape index (κ1) is 17.0. The average molecular weight is 317 g/mol. The molecule has 0 bridgehead atoms. The maximum atomic E-state index is 12.4. The number of nitrogens with zero attached hydrogens (tertiary/aromatic N) is 3. The molecule has 3 amide bonds. The van der Waals surface area contributed by atoms with Gasteiger partial charge < -0.3 is 14.7 Å². The molecule has 1 aliphatic rings. The Morgan fingerprint density at radius 1 is 1.04 bits per heavy atom. The molecular formula is C17H23N3O3. The van der Waals surface area contributed by atoms with Crippen LogP contribution in [-0.4, -0.2) is 65.6 Å². The summed E-state index contributed by atoms with van der Waals surface area (Å²) in [7, 11) is 5.06. The van der Waals surface area contributed by atoms with Crippen LogP contribution in [0, 0.1) is 0 Å². The lowest BCUT2D eigenvalue weighted by molar-refractivity contribution is -0.159. The number of piperazine rings is 1. The third-order valence-electron chi connectivity index (χ3n) is 4.35. The normalized spacial score (nSPS) is 21.6. The molecule has 0 aromatic heterocycles. The van der Waals surface area contributed by atoms with Crippen LogP contribution in [0.25, 0.3) is 0 Å². The van der Waals surface area contributed by atoms with E-state index in [0.29, 0.717) is 12.1 Å². The van der Waals surface area contributed by atoms with Gasteiger partial charge in [-0.25, -0.2) is 0 Å². The molecular weight excluding hydrogens is 294 g/mol. The molecule has 23 heavy (non-hydrogen) atoms. The van der Waals surface area contributed by atoms with Gasteiger partial charge in [0, 0.05) is 33.3 Å². The van der Waals surface area contributed by atoms with Crippen LogP contribution in [0.2, 0.25) is 0 Å². The molecule has 6 heteroatoms. The van der Waals surface area contributed by atoms with Crippen molar-refractivity contribution in [3.05, 3.63) is 35.4 Å². The Balaban J connectivity index is 2.16. The lowest BCUT2D eigenvalue weighted by atomic mass is 10.0. The minimum absolute atomic E-state index is 0.0588. The summed E-state index contributed by atoms with van der Waals surface area (Å²) < 4.78 is 0. The van der Waals surface area contributed by atoms with Crippen molar-refractivity contribution in [2.45, 2.75) is 32.5 Å². The van der Waals surface area contributed by atoms with E-state index in [2.05, 4.69) is 0 Å². The van der Waals surface area contributed by atoms with Crippen molar-refractivity contribution >= 4 is 17.7 Å². The van der Waals surface area contributed by atoms with E-state index in [0.717, 1.165) is 5.56 Å². The molecule has 0 unspecified atom stereocenters. The van der Waals surface area contributed by atoms with Gasteiger partial charge in [0.05, 0.1) is 0 Å². The Morgan fingerprint density at radius 3 is 2.13 bits per heavy atom. The predicted molar refractivity (Wildman–Crippen MR) is 86.7 cm³/mol. The minimum atomic E-state index is -0.480. The standard InChI is InChI=1S/C17H23N3O3/c1-11-16(22)20(12(2)15(21)19(11)5)10-13-6-8-14(9-7-13)17(23)18(3)4/h6-9,11-12H,10H2,1-5H3/t11-,12-/m0/s1. The number of likely N-dealkylation sites (N-methyl/N-ethyl adjacent to an activating group) is 1. The van der Waals surface area contributed by atoms with Gasteiger partial charge in [-0.2, -0.15) is 0 Å². The van der Waals surface area contributed by atoms with E-state index in [1.54, 1.807) is 52.0 Å². The smallest absolute Gasteiger partial charge is 0.253 e. The average Bonchev–Trinajstić information content (AvgIpc) is 2.55. The van der Waals surface area contributed by atoms with Crippen molar-refractivity contribution in [2.75, 3.05) is 21.1 Å². The minimum Gasteiger partial charge on any atom is -0.345 e. The fourth-order valence-electron chi connectivity index (χ4n) is 2.64. The van der Waals surface area contributed by atoms with E-state index in [1.807, 2.05) is 12.1 Å². The van der Waals surface area contributed by atoms with E-state index in [-0.39, 0.29) is 17.7 Å². The van der Waals surface area contributed by atoms with Gasteiger partial charge in [0.25, 0.3) is 5.91 Å². The Hall–Kier alpha value is -2.37. The molecule has 1 fully saturated rings. The van der Waals surface area contributed by atoms with Crippen molar-refractivity contribution in [1.82, 2.24) is 14.7 Å². The molecule has 0 N–H and O–H groups in total. The largest absolute Gasteiger partial charge is 0.345 e. The van der Waals surface area contributed by atoms with E-state index in [1.165, 1.54) is 9.80 Å². The van der Waals surface area contributed by atoms with E-state index >= 15 is 0 Å². The number of hydrogen-bond acceptors (Lipinski definition) is 3. The van der Waals surface area contributed by atoms with Gasteiger partial charge in [-0.15, -0.1) is 0 Å². The van der Waals surface area contributed by atoms with Crippen LogP contribution in [0.5, 0.6) is 0 Å². The Kier molecular flexibility index (Phi) is 4.73. The second-order valence-corrected chi connectivity index (χ2v) is 6.16. The molecule has 1 aromatic rings. The highest BCUT2D eigenvalue weighted by Gasteiger charge is 2.39. The zero-order valence-electron chi connectivity index (χ0n) is 14.2. The molecule has 0 spiro atoms. The van der Waals surface area contributed by atoms with Gasteiger partial charge in [-0.1, -0.05) is 12.1 Å². The summed E-state index contributed by atoms with van der Waals surface area (Å²) in [4.78, 5) is 41.1. The van der Waals surface area contributed by atoms with Crippen LogP contribution in [0.15, 0.2) is 24.3 Å². The molecule has 0 radical (unpaired) electrons. The van der Waals surface area contributed by atoms with Crippen LogP contribution < -0.4 is 0 Å². The topological polar surface area (TPSA) is 60.9 Å². The summed E-state index contributed by atoms with van der Waals surface area (Å²) in [5.74, 6) is -0.186. The highest BCUT2D eigenvalue weighted by atomic mass is 16.2. The number of carbonyl (C=O) groups is 3. The SMILES string of the molecule is C[C@H]1C(=O)N(Cc2ccc(C(=O)N(C)C)cc2)[C@@H](C)C(=O)N1C. The van der Waals surface area contributed by atoms with Gasteiger partial charge in [-0.3, -0.25) is 14.4 Å². The van der Waals surface area contributed by atoms with E-state index < -0.39 is 12.1 Å². The first-order chi connectivity index (χ1) is 10.7. The highest BCUT2D eigenvalue weighted by Crippen LogP contribution is 2.19. The van der Waals surface area contributed by atoms with Gasteiger partial charge >= 0.3 is 0 Å². The third kappa shape index (κ3) is 3.21. The molecule has 2 rings (SSSR count). The Labute approximate surface area is 136 Å². The van der Waals surface area contributed by atoms with Gasteiger partial charge in [-0.05, 0) is 31.5 Å². The van der Waals surface area contributed by atoms with Crippen LogP contribution in [0.3, 0.4) is 0 Å². The van der Waals surface area contributed by atoms with Crippen molar-refractivity contribution in [1.29, 1.82) is 0 Å². The first-order valence-electron chi connectivity index (χ1n) is 7.61. The number of benzene rings is 1. The van der Waals surface area contributed by atoms with Crippen molar-refractivity contribution < 1.29 is 14.4 Å². The van der Waals surface area contributed by atoms with Crippen molar-refractivity contribution in [2.24, 2.45) is 0 Å². The first-order valence-corrected chi connectivity index (χ1v) is 7.61. The zero-order valence-corrected chi connectivity index (χ0v) is 14.2. The van der Waals surface area contributed by atoms with Gasteiger partial charge in [0.15, 0.2) is 0 Å². The van der Waals surface area contributed by atoms with E-state index in [4.69, 9.17) is 0 Å². The molecule has 2 atom stereocenters. The maximum Gasteiger partial charge on any atom is 0.253 e. The lowest BCUT2D eigenvalue weighted by Gasteiger charge is -2.41. The fourth-order valence-corrected chi connectivity index (χ4v) is 2.64. The summed E-state index contributed by atoms with van der Waals surface area (Å²) in [6.45, 7) is 3.84. The zero-order chi connectivity index (χ0) is 17.3. The third-order valence-corrected chi connectivity index (χ3v) is 4.35. The number of carbonyl (C=O) groups excluding carboxylic acids is 3. The molecule has 1 aliphatic heterocycles. The Bertz CT molecular complexity index is 624. The summed E-state index contributed by atoms with van der Waals surface area (Å²) >= 11 is 0. The molecule has 124 valence electrons. The fraction of sp³-hybridized carbons (Fsp3) is 0.471. The van der Waals surface area contributed by atoms with Gasteiger partial charge in [0.2, 0.25) is 11.8 Å². The van der Waals surface area contributed by atoms with Crippen LogP contribution in [-0.2, 0) is 16.1 Å². The predicted octanol–water partition coefficient (Wildman–Crippen LogP) is 0.966. The summed E-state index contributed by atoms with van der Waals surface area (Å²) in [5.41, 5.74) is 1.49. The second-order valence-electron chi connectivity index (χ2n) is 6.16. The molecule has 1 heterocycles. The number of amides is 3. The summed E-state index contributed by atoms with van der Waals surface area (Å²) in [5, 5.41) is 0. The molecule has 1 aromatic carbocycles. The molecule has 6 nitrogen and oxygen atoms in total. The maximum absolute atomic E-state index is 12.4. The monoisotopic (exact) mass is 317 g/mol. The number of rotatable bonds is 3. The number of hydrogen-bond donors (Lipinski definition) is 0. The van der Waals surface area contributed by atoms with Crippen LogP contribution in [0.4, 0.5) is 0 Å². The molecule has 1 saturated heterocycles. The van der Waals surface area contributed by atoms with Crippen molar-refractivity contribution in [3.8, 4) is 0 Å². The second kappa shape index (κ2) is 6.40. The van der Waals surface area contributed by atoms with Crippen LogP contribution in [0.1, 0.15) is 29.8 Å². The van der Waals surface area contributed by atoms with Gasteiger partial charge in [0.1, 0.15) is 12.1 Å². The summed E-state index contributed by atoms with van der Waals surface area (Å²) in [6.07, 6.45) is 0. The molecule has 0 aliphatic carbocycles. The lowest BCUT2D eigenvalue weighted by Crippen LogP contribution is -2.61. The molecule has 0 saturated carbocycles. The van der Waals surface area contributed by atoms with E-state index in [9.17, 15) is 14.4 Å². The Morgan fingerprint density at radius 2 is 1.61 bits per heavy atom. The summed E-state index contributed by atoms with van der Waals surface area (Å²) in [6, 6.07) is 6.21. The quantitative estimate of drug-likeness (QED) is 0.834. The van der Waals surface area contributed by atoms with Crippen molar-refractivity contribution in [3.63, 3.8) is 0 Å². The van der Waals surface area contributed by atoms with Crippen LogP contribution >= 0.6 is 0 Å². The highest BCUT2D eigenvalue weighted by molar-refractivity contribution is 5.96.